The van der Waals surface area contributed by atoms with Crippen LogP contribution in [0.15, 0.2) is 72.8 Å². The summed E-state index contributed by atoms with van der Waals surface area (Å²) >= 11 is 0. The Balaban J connectivity index is 0.000000403. The van der Waals surface area contributed by atoms with Crippen LogP contribution in [-0.4, -0.2) is 22.2 Å². The van der Waals surface area contributed by atoms with Gasteiger partial charge in [0.15, 0.2) is 0 Å². The van der Waals surface area contributed by atoms with Gasteiger partial charge in [0.1, 0.15) is 0 Å². The second kappa shape index (κ2) is 12.0. The van der Waals surface area contributed by atoms with Crippen LogP contribution in [0.1, 0.15) is 11.1 Å². The summed E-state index contributed by atoms with van der Waals surface area (Å²) in [4.78, 5) is 20.2. The van der Waals surface area contributed by atoms with E-state index in [4.69, 9.17) is 10.2 Å². The van der Waals surface area contributed by atoms with Crippen LogP contribution in [-0.2, 0) is 26.1 Å². The van der Waals surface area contributed by atoms with Crippen LogP contribution in [0.5, 0.6) is 0 Å². The van der Waals surface area contributed by atoms with Crippen molar-refractivity contribution in [2.24, 2.45) is 0 Å². The Bertz CT molecular complexity index is 590. The fraction of sp³-hybridized carbons (Fsp3) is 0. The van der Waals surface area contributed by atoms with E-state index in [0.717, 1.165) is 23.3 Å². The Morgan fingerprint density at radius 1 is 0.652 bits per heavy atom. The minimum Gasteiger partial charge on any atom is -0.478 e. The number of carbonyl (C=O) groups is 2. The molecule has 0 radical (unpaired) electrons. The molecular weight excluding hydrogens is 339 g/mol. The third kappa shape index (κ3) is 10.7. The third-order valence-corrected chi connectivity index (χ3v) is 2.44. The second-order valence-electron chi connectivity index (χ2n) is 4.16. The molecule has 0 atom stereocenters. The van der Waals surface area contributed by atoms with Gasteiger partial charge in [0, 0.05) is 28.6 Å². The maximum atomic E-state index is 10.1. The first-order chi connectivity index (χ1) is 10.6. The summed E-state index contributed by atoms with van der Waals surface area (Å²) in [5.74, 6) is -1.84. The molecule has 0 saturated heterocycles. The zero-order valence-corrected chi connectivity index (χ0v) is 13.1. The average Bonchev–Trinajstić information content (AvgIpc) is 2.53. The van der Waals surface area contributed by atoms with E-state index in [-0.39, 0.29) is 16.5 Å². The number of hydrogen-bond donors (Lipinski definition) is 2. The van der Waals surface area contributed by atoms with Crippen molar-refractivity contribution in [3.05, 3.63) is 83.9 Å². The van der Waals surface area contributed by atoms with Gasteiger partial charge in [-0.1, -0.05) is 60.7 Å². The number of benzene rings is 2. The van der Waals surface area contributed by atoms with E-state index >= 15 is 0 Å². The molecule has 122 valence electrons. The zero-order valence-electron chi connectivity index (χ0n) is 12.1. The summed E-state index contributed by atoms with van der Waals surface area (Å²) in [5, 5.41) is 16.6. The minimum atomic E-state index is -0.922. The summed E-state index contributed by atoms with van der Waals surface area (Å²) < 4.78 is 0. The molecule has 0 spiro atoms. The van der Waals surface area contributed by atoms with Crippen molar-refractivity contribution >= 4 is 24.1 Å². The van der Waals surface area contributed by atoms with Gasteiger partial charge in [-0.15, -0.1) is 0 Å². The molecule has 0 saturated carbocycles. The molecule has 4 nitrogen and oxygen atoms in total. The van der Waals surface area contributed by atoms with Crippen LogP contribution in [0.2, 0.25) is 0 Å². The normalized spacial score (nSPS) is 9.74. The molecule has 5 heteroatoms. The van der Waals surface area contributed by atoms with E-state index in [1.165, 1.54) is 0 Å². The van der Waals surface area contributed by atoms with Gasteiger partial charge in [-0.25, -0.2) is 9.59 Å². The Morgan fingerprint density at radius 3 is 1.22 bits per heavy atom. The maximum absolute atomic E-state index is 10.1. The fourth-order valence-corrected chi connectivity index (χ4v) is 1.46. The Morgan fingerprint density at radius 2 is 0.957 bits per heavy atom. The van der Waals surface area contributed by atoms with E-state index < -0.39 is 11.9 Å². The van der Waals surface area contributed by atoms with Crippen molar-refractivity contribution in [1.82, 2.24) is 0 Å². The first-order valence-corrected chi connectivity index (χ1v) is 6.50. The molecule has 2 rings (SSSR count). The number of carboxylic acids is 2. The van der Waals surface area contributed by atoms with Crippen molar-refractivity contribution < 1.29 is 36.3 Å². The monoisotopic (exact) mass is 354 g/mol. The van der Waals surface area contributed by atoms with E-state index in [1.54, 1.807) is 12.2 Å². The minimum absolute atomic E-state index is 0. The van der Waals surface area contributed by atoms with Gasteiger partial charge in [-0.3, -0.25) is 0 Å². The molecule has 2 aromatic carbocycles. The number of hydrogen-bond acceptors (Lipinski definition) is 2. The van der Waals surface area contributed by atoms with Crippen LogP contribution in [0.25, 0.3) is 12.2 Å². The smallest absolute Gasteiger partial charge is 0.328 e. The predicted octanol–water partition coefficient (Wildman–Crippen LogP) is 3.57. The van der Waals surface area contributed by atoms with Crippen LogP contribution in [0, 0.1) is 0 Å². The molecular formula is C18H16NiO4. The van der Waals surface area contributed by atoms with Crippen molar-refractivity contribution in [1.29, 1.82) is 0 Å². The second-order valence-corrected chi connectivity index (χ2v) is 4.16. The molecule has 0 bridgehead atoms. The van der Waals surface area contributed by atoms with Gasteiger partial charge in [0.05, 0.1) is 0 Å². The molecule has 23 heavy (non-hydrogen) atoms. The number of rotatable bonds is 4. The maximum Gasteiger partial charge on any atom is 0.328 e. The van der Waals surface area contributed by atoms with Gasteiger partial charge < -0.3 is 10.2 Å². The van der Waals surface area contributed by atoms with Gasteiger partial charge in [-0.05, 0) is 23.3 Å². The molecule has 0 aromatic heterocycles. The van der Waals surface area contributed by atoms with Gasteiger partial charge in [0.2, 0.25) is 0 Å². The van der Waals surface area contributed by atoms with Crippen LogP contribution in [0.4, 0.5) is 0 Å². The topological polar surface area (TPSA) is 74.6 Å². The van der Waals surface area contributed by atoms with Crippen LogP contribution < -0.4 is 0 Å². The average molecular weight is 355 g/mol. The number of aliphatic carboxylic acids is 2. The number of carboxylic acid groups (broad SMARTS) is 2. The molecule has 0 aliphatic heterocycles. The van der Waals surface area contributed by atoms with Crippen molar-refractivity contribution in [2.75, 3.05) is 0 Å². The van der Waals surface area contributed by atoms with Crippen LogP contribution in [0.3, 0.4) is 0 Å². The summed E-state index contributed by atoms with van der Waals surface area (Å²) in [6.45, 7) is 0. The summed E-state index contributed by atoms with van der Waals surface area (Å²) in [7, 11) is 0. The van der Waals surface area contributed by atoms with Crippen molar-refractivity contribution in [3.63, 3.8) is 0 Å². The van der Waals surface area contributed by atoms with Gasteiger partial charge >= 0.3 is 11.9 Å². The van der Waals surface area contributed by atoms with E-state index in [1.807, 2.05) is 60.7 Å². The Labute approximate surface area is 144 Å². The molecule has 0 aliphatic carbocycles. The molecule has 2 aromatic rings. The summed E-state index contributed by atoms with van der Waals surface area (Å²) in [5.41, 5.74) is 1.80. The zero-order chi connectivity index (χ0) is 16.2. The first-order valence-electron chi connectivity index (χ1n) is 6.50. The van der Waals surface area contributed by atoms with E-state index in [0.29, 0.717) is 0 Å². The SMILES string of the molecule is O=C(O)C=Cc1ccccc1.O=C(O)C=Cc1ccccc1.[Ni]. The predicted molar refractivity (Wildman–Crippen MR) is 86.2 cm³/mol. The molecule has 0 fully saturated rings. The third-order valence-electron chi connectivity index (χ3n) is 2.44. The van der Waals surface area contributed by atoms with E-state index in [2.05, 4.69) is 0 Å². The fourth-order valence-electron chi connectivity index (χ4n) is 1.46. The largest absolute Gasteiger partial charge is 0.478 e. The first kappa shape index (κ1) is 20.4. The molecule has 0 aliphatic rings. The molecule has 0 unspecified atom stereocenters. The quantitative estimate of drug-likeness (QED) is 0.650. The van der Waals surface area contributed by atoms with Gasteiger partial charge in [-0.2, -0.15) is 0 Å². The van der Waals surface area contributed by atoms with Crippen LogP contribution >= 0.6 is 0 Å². The summed E-state index contributed by atoms with van der Waals surface area (Å²) in [6, 6.07) is 18.6. The van der Waals surface area contributed by atoms with Gasteiger partial charge in [0.25, 0.3) is 0 Å². The standard InChI is InChI=1S/2C9H8O2.Ni/c2*10-9(11)7-6-8-4-2-1-3-5-8;/h2*1-7H,(H,10,11);. The van der Waals surface area contributed by atoms with Crippen molar-refractivity contribution in [3.8, 4) is 0 Å². The van der Waals surface area contributed by atoms with Crippen molar-refractivity contribution in [2.45, 2.75) is 0 Å². The Hall–Kier alpha value is -2.65. The molecule has 0 amide bonds. The molecule has 0 heterocycles. The van der Waals surface area contributed by atoms with E-state index in [9.17, 15) is 9.59 Å². The summed E-state index contributed by atoms with van der Waals surface area (Å²) in [6.07, 6.45) is 5.36. The molecule has 2 N–H and O–H groups in total. The Kier molecular flexibility index (Phi) is 10.6.